The molecule has 1 heterocycles. The van der Waals surface area contributed by atoms with E-state index < -0.39 is 11.7 Å². The van der Waals surface area contributed by atoms with Gasteiger partial charge in [-0.2, -0.15) is 0 Å². The Morgan fingerprint density at radius 3 is 2.34 bits per heavy atom. The average Bonchev–Trinajstić information content (AvgIpc) is 2.89. The van der Waals surface area contributed by atoms with E-state index >= 15 is 0 Å². The Hall–Kier alpha value is -2.09. The van der Waals surface area contributed by atoms with E-state index in [1.807, 2.05) is 29.2 Å². The molecule has 0 radical (unpaired) electrons. The van der Waals surface area contributed by atoms with E-state index in [-0.39, 0.29) is 18.4 Å². The highest BCUT2D eigenvalue weighted by Crippen LogP contribution is 2.14. The van der Waals surface area contributed by atoms with Gasteiger partial charge in [0.25, 0.3) is 0 Å². The van der Waals surface area contributed by atoms with Crippen molar-refractivity contribution in [3.05, 3.63) is 34.3 Å². The van der Waals surface area contributed by atoms with Crippen LogP contribution in [0.4, 0.5) is 4.79 Å². The van der Waals surface area contributed by atoms with Gasteiger partial charge in [0.15, 0.2) is 0 Å². The maximum atomic E-state index is 12.6. The number of halogens is 1. The van der Waals surface area contributed by atoms with E-state index in [1.54, 1.807) is 25.7 Å². The summed E-state index contributed by atoms with van der Waals surface area (Å²) in [6, 6.07) is 7.96. The van der Waals surface area contributed by atoms with Gasteiger partial charge in [-0.05, 0) is 51.3 Å². The Labute approximate surface area is 180 Å². The number of nitrogens with zero attached hydrogens (tertiary/aromatic N) is 2. The molecule has 0 aliphatic carbocycles. The minimum absolute atomic E-state index is 0.103. The van der Waals surface area contributed by atoms with Crippen LogP contribution in [0.15, 0.2) is 28.7 Å². The lowest BCUT2D eigenvalue weighted by atomic mass is 10.1. The summed E-state index contributed by atoms with van der Waals surface area (Å²) in [6.07, 6.45) is 1.26. The predicted octanol–water partition coefficient (Wildman–Crippen LogP) is 2.97. The van der Waals surface area contributed by atoms with E-state index in [9.17, 15) is 14.4 Å². The molecule has 0 saturated carbocycles. The molecule has 7 nitrogen and oxygen atoms in total. The van der Waals surface area contributed by atoms with Crippen molar-refractivity contribution in [3.8, 4) is 0 Å². The second kappa shape index (κ2) is 10.6. The number of ether oxygens (including phenoxy) is 1. The molecule has 1 saturated heterocycles. The Bertz CT molecular complexity index is 733. The summed E-state index contributed by atoms with van der Waals surface area (Å²) < 4.78 is 6.15. The minimum Gasteiger partial charge on any atom is -0.444 e. The second-order valence-electron chi connectivity index (χ2n) is 8.10. The number of aryl methyl sites for hydroxylation is 1. The van der Waals surface area contributed by atoms with Gasteiger partial charge in [0.1, 0.15) is 12.1 Å². The summed E-state index contributed by atoms with van der Waals surface area (Å²) in [5, 5.41) is 2.50. The summed E-state index contributed by atoms with van der Waals surface area (Å²) in [5.41, 5.74) is 0.513. The van der Waals surface area contributed by atoms with Crippen LogP contribution in [0.3, 0.4) is 0 Å². The fourth-order valence-corrected chi connectivity index (χ4v) is 3.54. The first-order chi connectivity index (χ1) is 13.6. The van der Waals surface area contributed by atoms with Crippen LogP contribution >= 0.6 is 15.9 Å². The lowest BCUT2D eigenvalue weighted by molar-refractivity contribution is -0.133. The van der Waals surface area contributed by atoms with Crippen molar-refractivity contribution < 1.29 is 19.1 Å². The number of alkyl carbamates (subject to hydrolysis) is 1. The van der Waals surface area contributed by atoms with Crippen LogP contribution < -0.4 is 5.32 Å². The van der Waals surface area contributed by atoms with Gasteiger partial charge < -0.3 is 19.9 Å². The van der Waals surface area contributed by atoms with Crippen molar-refractivity contribution in [1.29, 1.82) is 0 Å². The van der Waals surface area contributed by atoms with E-state index in [0.29, 0.717) is 39.0 Å². The molecule has 1 N–H and O–H groups in total. The molecule has 0 bridgehead atoms. The highest BCUT2D eigenvalue weighted by Gasteiger charge is 2.23. The zero-order valence-corrected chi connectivity index (χ0v) is 19.0. The Kier molecular flexibility index (Phi) is 8.49. The Morgan fingerprint density at radius 2 is 1.72 bits per heavy atom. The number of nitrogens with one attached hydrogen (secondary N) is 1. The molecule has 0 spiro atoms. The predicted molar refractivity (Wildman–Crippen MR) is 114 cm³/mol. The highest BCUT2D eigenvalue weighted by atomic mass is 79.9. The first kappa shape index (κ1) is 23.2. The van der Waals surface area contributed by atoms with Crippen LogP contribution in [0.1, 0.15) is 39.2 Å². The summed E-state index contributed by atoms with van der Waals surface area (Å²) in [4.78, 5) is 40.2. The van der Waals surface area contributed by atoms with Gasteiger partial charge in [-0.15, -0.1) is 0 Å². The molecule has 1 aliphatic heterocycles. The lowest BCUT2D eigenvalue weighted by Gasteiger charge is -2.23. The van der Waals surface area contributed by atoms with Gasteiger partial charge in [-0.25, -0.2) is 4.79 Å². The zero-order chi connectivity index (χ0) is 21.4. The molecule has 2 rings (SSSR count). The summed E-state index contributed by atoms with van der Waals surface area (Å²) >= 11 is 3.45. The normalized spacial score (nSPS) is 14.9. The Morgan fingerprint density at radius 1 is 1.07 bits per heavy atom. The molecule has 0 aromatic heterocycles. The number of carbonyl (C=O) groups is 3. The van der Waals surface area contributed by atoms with E-state index in [4.69, 9.17) is 4.74 Å². The Balaban J connectivity index is 1.76. The number of amides is 3. The van der Waals surface area contributed by atoms with Gasteiger partial charge in [0.05, 0.1) is 0 Å². The average molecular weight is 468 g/mol. The number of carbonyl (C=O) groups excluding carboxylic acids is 3. The molecular formula is C21H30BrN3O4. The number of hydrogen-bond acceptors (Lipinski definition) is 4. The summed E-state index contributed by atoms with van der Waals surface area (Å²) in [6.45, 7) is 7.39. The lowest BCUT2D eigenvalue weighted by Crippen LogP contribution is -2.43. The molecular weight excluding hydrogens is 438 g/mol. The van der Waals surface area contributed by atoms with Crippen molar-refractivity contribution in [2.45, 2.75) is 45.6 Å². The first-order valence-electron chi connectivity index (χ1n) is 9.91. The molecule has 1 aromatic carbocycles. The smallest absolute Gasteiger partial charge is 0.408 e. The largest absolute Gasteiger partial charge is 0.444 e. The number of rotatable bonds is 5. The van der Waals surface area contributed by atoms with Crippen LogP contribution in [-0.2, 0) is 20.7 Å². The second-order valence-corrected chi connectivity index (χ2v) is 9.02. The van der Waals surface area contributed by atoms with Gasteiger partial charge in [0.2, 0.25) is 11.8 Å². The van der Waals surface area contributed by atoms with Crippen molar-refractivity contribution in [2.24, 2.45) is 0 Å². The van der Waals surface area contributed by atoms with Gasteiger partial charge in [-0.3, -0.25) is 9.59 Å². The van der Waals surface area contributed by atoms with Gasteiger partial charge in [0, 0.05) is 37.1 Å². The molecule has 160 valence electrons. The highest BCUT2D eigenvalue weighted by molar-refractivity contribution is 9.10. The maximum absolute atomic E-state index is 12.6. The maximum Gasteiger partial charge on any atom is 0.408 e. The van der Waals surface area contributed by atoms with Crippen molar-refractivity contribution in [2.75, 3.05) is 32.7 Å². The first-order valence-corrected chi connectivity index (χ1v) is 10.7. The van der Waals surface area contributed by atoms with Crippen LogP contribution in [0.2, 0.25) is 0 Å². The molecule has 1 aromatic rings. The number of hydrogen-bond donors (Lipinski definition) is 1. The van der Waals surface area contributed by atoms with E-state index in [1.165, 1.54) is 0 Å². The van der Waals surface area contributed by atoms with Gasteiger partial charge >= 0.3 is 6.09 Å². The zero-order valence-electron chi connectivity index (χ0n) is 17.4. The van der Waals surface area contributed by atoms with Crippen LogP contribution in [0, 0.1) is 0 Å². The molecule has 8 heteroatoms. The van der Waals surface area contributed by atoms with Crippen molar-refractivity contribution in [3.63, 3.8) is 0 Å². The standard InChI is InChI=1S/C21H30BrN3O4/c1-21(2,3)29-20(28)23-15-19(27)25-11-5-10-24(12-13-25)18(26)9-8-16-6-4-7-17(22)14-16/h4,6-7,14H,5,8-13,15H2,1-3H3,(H,23,28). The molecule has 3 amide bonds. The van der Waals surface area contributed by atoms with Gasteiger partial charge in [-0.1, -0.05) is 28.1 Å². The number of benzene rings is 1. The van der Waals surface area contributed by atoms with Crippen LogP contribution in [0.5, 0.6) is 0 Å². The topological polar surface area (TPSA) is 79.0 Å². The summed E-state index contributed by atoms with van der Waals surface area (Å²) in [5.74, 6) is -0.0644. The third-order valence-corrected chi connectivity index (χ3v) is 4.99. The fourth-order valence-electron chi connectivity index (χ4n) is 3.09. The minimum atomic E-state index is -0.606. The molecule has 1 fully saturated rings. The molecule has 1 aliphatic rings. The quantitative estimate of drug-likeness (QED) is 0.721. The SMILES string of the molecule is CC(C)(C)OC(=O)NCC(=O)N1CCCN(C(=O)CCc2cccc(Br)c2)CC1. The molecule has 0 atom stereocenters. The van der Waals surface area contributed by atoms with E-state index in [2.05, 4.69) is 21.2 Å². The molecule has 29 heavy (non-hydrogen) atoms. The summed E-state index contributed by atoms with van der Waals surface area (Å²) in [7, 11) is 0. The van der Waals surface area contributed by atoms with Crippen LogP contribution in [0.25, 0.3) is 0 Å². The van der Waals surface area contributed by atoms with Crippen LogP contribution in [-0.4, -0.2) is 66.0 Å². The fraction of sp³-hybridized carbons (Fsp3) is 0.571. The molecule has 0 unspecified atom stereocenters. The van der Waals surface area contributed by atoms with E-state index in [0.717, 1.165) is 16.5 Å². The van der Waals surface area contributed by atoms with Crippen molar-refractivity contribution in [1.82, 2.24) is 15.1 Å². The van der Waals surface area contributed by atoms with Crippen molar-refractivity contribution >= 4 is 33.8 Å². The third kappa shape index (κ3) is 8.43. The third-order valence-electron chi connectivity index (χ3n) is 4.50. The monoisotopic (exact) mass is 467 g/mol.